The van der Waals surface area contributed by atoms with E-state index >= 15 is 0 Å². The molecule has 112 valence electrons. The summed E-state index contributed by atoms with van der Waals surface area (Å²) in [5, 5.41) is 3.43. The van der Waals surface area contributed by atoms with Gasteiger partial charge in [-0.1, -0.05) is 25.1 Å². The molecule has 2 nitrogen and oxygen atoms in total. The number of halogens is 3. The second-order valence-electron chi connectivity index (χ2n) is 5.30. The highest BCUT2D eigenvalue weighted by atomic mass is 19.4. The molecule has 0 bridgehead atoms. The lowest BCUT2D eigenvalue weighted by atomic mass is 10.1. The van der Waals surface area contributed by atoms with Crippen LogP contribution in [0.15, 0.2) is 24.3 Å². The molecule has 1 aliphatic heterocycles. The third-order valence-electron chi connectivity index (χ3n) is 3.77. The molecule has 1 atom stereocenters. The van der Waals surface area contributed by atoms with Crippen LogP contribution in [0.4, 0.5) is 13.2 Å². The third kappa shape index (κ3) is 3.96. The van der Waals surface area contributed by atoms with Gasteiger partial charge in [-0.25, -0.2) is 0 Å². The van der Waals surface area contributed by atoms with Crippen LogP contribution in [0, 0.1) is 0 Å². The number of rotatable bonds is 3. The van der Waals surface area contributed by atoms with Crippen molar-refractivity contribution in [2.75, 3.05) is 19.6 Å². The summed E-state index contributed by atoms with van der Waals surface area (Å²) in [6, 6.07) is 6.25. The minimum absolute atomic E-state index is 0.369. The fourth-order valence-corrected chi connectivity index (χ4v) is 2.67. The van der Waals surface area contributed by atoms with Gasteiger partial charge in [0.05, 0.1) is 5.56 Å². The summed E-state index contributed by atoms with van der Waals surface area (Å²) in [5.74, 6) is 0. The van der Waals surface area contributed by atoms with E-state index in [1.54, 1.807) is 12.1 Å². The molecule has 1 unspecified atom stereocenters. The van der Waals surface area contributed by atoms with E-state index in [1.807, 2.05) is 0 Å². The van der Waals surface area contributed by atoms with E-state index in [2.05, 4.69) is 17.1 Å². The fraction of sp³-hybridized carbons (Fsp3) is 0.600. The molecule has 0 aliphatic carbocycles. The standard InChI is InChI=1S/C15H21F3N2/c1-2-13-11-20(9-5-8-19-13)10-12-6-3-4-7-14(12)15(16,17)18/h3-4,6-7,13,19H,2,5,8-11H2,1H3. The average molecular weight is 286 g/mol. The van der Waals surface area contributed by atoms with Gasteiger partial charge in [0.15, 0.2) is 0 Å². The van der Waals surface area contributed by atoms with Crippen LogP contribution in [0.1, 0.15) is 30.9 Å². The Morgan fingerprint density at radius 3 is 2.75 bits per heavy atom. The molecule has 1 aromatic carbocycles. The fourth-order valence-electron chi connectivity index (χ4n) is 2.67. The average Bonchev–Trinajstić information content (AvgIpc) is 2.63. The minimum atomic E-state index is -4.27. The normalized spacial score (nSPS) is 21.7. The quantitative estimate of drug-likeness (QED) is 0.917. The predicted octanol–water partition coefficient (Wildman–Crippen LogP) is 3.28. The summed E-state index contributed by atoms with van der Waals surface area (Å²) in [7, 11) is 0. The number of hydrogen-bond acceptors (Lipinski definition) is 2. The molecule has 0 spiro atoms. The Bertz CT molecular complexity index is 431. The molecule has 1 N–H and O–H groups in total. The van der Waals surface area contributed by atoms with Gasteiger partial charge in [0, 0.05) is 19.1 Å². The van der Waals surface area contributed by atoms with E-state index in [0.717, 1.165) is 32.5 Å². The molecule has 20 heavy (non-hydrogen) atoms. The van der Waals surface area contributed by atoms with Crippen LogP contribution in [0.2, 0.25) is 0 Å². The topological polar surface area (TPSA) is 15.3 Å². The Kier molecular flexibility index (Phi) is 5.05. The maximum atomic E-state index is 13.0. The van der Waals surface area contributed by atoms with Gasteiger partial charge in [0.2, 0.25) is 0 Å². The van der Waals surface area contributed by atoms with Crippen molar-refractivity contribution in [2.45, 2.75) is 38.5 Å². The lowest BCUT2D eigenvalue weighted by Gasteiger charge is -2.25. The molecule has 1 heterocycles. The molecular weight excluding hydrogens is 265 g/mol. The van der Waals surface area contributed by atoms with Crippen LogP contribution in [-0.2, 0) is 12.7 Å². The molecule has 5 heteroatoms. The summed E-state index contributed by atoms with van der Waals surface area (Å²) in [6.07, 6.45) is -2.30. The minimum Gasteiger partial charge on any atom is -0.313 e. The summed E-state index contributed by atoms with van der Waals surface area (Å²) < 4.78 is 39.0. The second kappa shape index (κ2) is 6.59. The molecule has 1 aromatic rings. The molecule has 2 rings (SSSR count). The van der Waals surface area contributed by atoms with Crippen LogP contribution >= 0.6 is 0 Å². The highest BCUT2D eigenvalue weighted by Gasteiger charge is 2.33. The van der Waals surface area contributed by atoms with Gasteiger partial charge >= 0.3 is 6.18 Å². The summed E-state index contributed by atoms with van der Waals surface area (Å²) in [5.41, 5.74) is -0.137. The van der Waals surface area contributed by atoms with Gasteiger partial charge in [0.1, 0.15) is 0 Å². The number of nitrogens with zero attached hydrogens (tertiary/aromatic N) is 1. The number of hydrogen-bond donors (Lipinski definition) is 1. The van der Waals surface area contributed by atoms with Crippen LogP contribution in [0.3, 0.4) is 0 Å². The van der Waals surface area contributed by atoms with Crippen molar-refractivity contribution in [3.8, 4) is 0 Å². The summed E-state index contributed by atoms with van der Waals surface area (Å²) >= 11 is 0. The Morgan fingerprint density at radius 1 is 1.30 bits per heavy atom. The van der Waals surface area contributed by atoms with Crippen LogP contribution in [0.25, 0.3) is 0 Å². The SMILES string of the molecule is CCC1CN(Cc2ccccc2C(F)(F)F)CCCN1. The summed E-state index contributed by atoms with van der Waals surface area (Å²) in [6.45, 7) is 5.06. The lowest BCUT2D eigenvalue weighted by Crippen LogP contribution is -2.37. The van der Waals surface area contributed by atoms with Crippen LogP contribution in [0.5, 0.6) is 0 Å². The Balaban J connectivity index is 2.13. The maximum absolute atomic E-state index is 13.0. The third-order valence-corrected chi connectivity index (χ3v) is 3.77. The van der Waals surface area contributed by atoms with Gasteiger partial charge in [0.25, 0.3) is 0 Å². The van der Waals surface area contributed by atoms with Crippen LogP contribution in [-0.4, -0.2) is 30.6 Å². The van der Waals surface area contributed by atoms with Gasteiger partial charge in [-0.2, -0.15) is 13.2 Å². The van der Waals surface area contributed by atoms with E-state index < -0.39 is 11.7 Å². The Morgan fingerprint density at radius 2 is 2.05 bits per heavy atom. The zero-order chi connectivity index (χ0) is 14.6. The lowest BCUT2D eigenvalue weighted by molar-refractivity contribution is -0.138. The first-order valence-electron chi connectivity index (χ1n) is 7.11. The van der Waals surface area contributed by atoms with Gasteiger partial charge in [-0.05, 0) is 37.6 Å². The molecule has 0 aromatic heterocycles. The van der Waals surface area contributed by atoms with E-state index in [-0.39, 0.29) is 0 Å². The first kappa shape index (κ1) is 15.3. The van der Waals surface area contributed by atoms with Crippen molar-refractivity contribution in [1.82, 2.24) is 10.2 Å². The van der Waals surface area contributed by atoms with E-state index in [0.29, 0.717) is 18.2 Å². The molecular formula is C15H21F3N2. The highest BCUT2D eigenvalue weighted by molar-refractivity contribution is 5.29. The van der Waals surface area contributed by atoms with E-state index in [9.17, 15) is 13.2 Å². The zero-order valence-electron chi connectivity index (χ0n) is 11.7. The molecule has 0 amide bonds. The molecule has 1 aliphatic rings. The first-order valence-corrected chi connectivity index (χ1v) is 7.11. The van der Waals surface area contributed by atoms with Crippen molar-refractivity contribution in [1.29, 1.82) is 0 Å². The van der Waals surface area contributed by atoms with Crippen LogP contribution < -0.4 is 5.32 Å². The number of benzene rings is 1. The summed E-state index contributed by atoms with van der Waals surface area (Å²) in [4.78, 5) is 2.12. The molecule has 1 fully saturated rings. The predicted molar refractivity (Wildman–Crippen MR) is 73.4 cm³/mol. The molecule has 0 saturated carbocycles. The largest absolute Gasteiger partial charge is 0.416 e. The van der Waals surface area contributed by atoms with Crippen molar-refractivity contribution < 1.29 is 13.2 Å². The number of nitrogens with one attached hydrogen (secondary N) is 1. The first-order chi connectivity index (χ1) is 9.50. The van der Waals surface area contributed by atoms with Crippen molar-refractivity contribution in [3.63, 3.8) is 0 Å². The van der Waals surface area contributed by atoms with Gasteiger partial charge in [-0.15, -0.1) is 0 Å². The zero-order valence-corrected chi connectivity index (χ0v) is 11.7. The second-order valence-corrected chi connectivity index (χ2v) is 5.30. The highest BCUT2D eigenvalue weighted by Crippen LogP contribution is 2.32. The van der Waals surface area contributed by atoms with Gasteiger partial charge < -0.3 is 5.32 Å². The monoisotopic (exact) mass is 286 g/mol. The smallest absolute Gasteiger partial charge is 0.313 e. The molecule has 0 radical (unpaired) electrons. The Labute approximate surface area is 118 Å². The van der Waals surface area contributed by atoms with E-state index in [1.165, 1.54) is 12.1 Å². The Hall–Kier alpha value is -1.07. The van der Waals surface area contributed by atoms with Crippen molar-refractivity contribution in [2.24, 2.45) is 0 Å². The number of alkyl halides is 3. The van der Waals surface area contributed by atoms with E-state index in [4.69, 9.17) is 0 Å². The van der Waals surface area contributed by atoms with Gasteiger partial charge in [-0.3, -0.25) is 4.90 Å². The van der Waals surface area contributed by atoms with Crippen molar-refractivity contribution >= 4 is 0 Å². The maximum Gasteiger partial charge on any atom is 0.416 e. The van der Waals surface area contributed by atoms with Crippen molar-refractivity contribution in [3.05, 3.63) is 35.4 Å². The molecule has 1 saturated heterocycles.